The number of amides is 2. The fourth-order valence-electron chi connectivity index (χ4n) is 2.63. The predicted molar refractivity (Wildman–Crippen MR) is 85.2 cm³/mol. The molecule has 1 saturated heterocycles. The van der Waals surface area contributed by atoms with Crippen molar-refractivity contribution in [3.8, 4) is 0 Å². The largest absolute Gasteiger partial charge is 0.450 e. The Labute approximate surface area is 137 Å². The summed E-state index contributed by atoms with van der Waals surface area (Å²) in [5, 5.41) is 2.67. The van der Waals surface area contributed by atoms with Gasteiger partial charge in [-0.25, -0.2) is 9.59 Å². The van der Waals surface area contributed by atoms with Crippen molar-refractivity contribution in [1.82, 2.24) is 10.2 Å². The van der Waals surface area contributed by atoms with Gasteiger partial charge in [0.15, 0.2) is 0 Å². The number of likely N-dealkylation sites (tertiary alicyclic amines) is 1. The van der Waals surface area contributed by atoms with Gasteiger partial charge in [-0.3, -0.25) is 0 Å². The molecule has 1 aliphatic heterocycles. The molecule has 0 spiro atoms. The Morgan fingerprint density at radius 2 is 1.78 bits per heavy atom. The van der Waals surface area contributed by atoms with E-state index in [2.05, 4.69) is 5.32 Å². The zero-order chi connectivity index (χ0) is 17.7. The van der Waals surface area contributed by atoms with E-state index >= 15 is 0 Å². The molecule has 2 amide bonds. The van der Waals surface area contributed by atoms with Crippen LogP contribution in [0.15, 0.2) is 0 Å². The van der Waals surface area contributed by atoms with Gasteiger partial charge in [0.1, 0.15) is 11.9 Å². The maximum Gasteiger partial charge on any atom is 0.409 e. The molecular weight excluding hydrogens is 300 g/mol. The van der Waals surface area contributed by atoms with Crippen LogP contribution in [0.2, 0.25) is 0 Å². The summed E-state index contributed by atoms with van der Waals surface area (Å²) in [6, 6.07) is 0. The SMILES string of the molecule is CCOC(=O)N1CCC(C(C)(C=O)NC(=O)OC(C)(C)C)CC1. The number of ether oxygens (including phenoxy) is 2. The van der Waals surface area contributed by atoms with E-state index in [0.29, 0.717) is 32.5 Å². The minimum atomic E-state index is -1.01. The topological polar surface area (TPSA) is 84.9 Å². The third-order valence-electron chi connectivity index (χ3n) is 3.88. The van der Waals surface area contributed by atoms with Crippen molar-refractivity contribution in [2.24, 2.45) is 5.92 Å². The number of hydrogen-bond acceptors (Lipinski definition) is 5. The maximum absolute atomic E-state index is 12.0. The minimum Gasteiger partial charge on any atom is -0.450 e. The fraction of sp³-hybridized carbons (Fsp3) is 0.812. The van der Waals surface area contributed by atoms with Crippen molar-refractivity contribution in [2.45, 2.75) is 58.6 Å². The van der Waals surface area contributed by atoms with Gasteiger partial charge in [0.25, 0.3) is 0 Å². The summed E-state index contributed by atoms with van der Waals surface area (Å²) in [6.45, 7) is 10.1. The van der Waals surface area contributed by atoms with Crippen LogP contribution in [0.3, 0.4) is 0 Å². The Morgan fingerprint density at radius 1 is 1.22 bits per heavy atom. The van der Waals surface area contributed by atoms with Gasteiger partial charge in [0, 0.05) is 13.1 Å². The highest BCUT2D eigenvalue weighted by Gasteiger charge is 2.39. The number of nitrogens with zero attached hydrogens (tertiary/aromatic N) is 1. The second-order valence-electron chi connectivity index (χ2n) is 6.99. The van der Waals surface area contributed by atoms with Crippen molar-refractivity contribution in [3.05, 3.63) is 0 Å². The molecular formula is C16H28N2O5. The summed E-state index contributed by atoms with van der Waals surface area (Å²) in [6.07, 6.45) is 1.04. The van der Waals surface area contributed by atoms with Gasteiger partial charge in [0.2, 0.25) is 0 Å². The van der Waals surface area contributed by atoms with Crippen LogP contribution >= 0.6 is 0 Å². The first-order valence-electron chi connectivity index (χ1n) is 8.00. The third kappa shape index (κ3) is 5.73. The van der Waals surface area contributed by atoms with E-state index in [1.165, 1.54) is 0 Å². The van der Waals surface area contributed by atoms with E-state index in [1.807, 2.05) is 0 Å². The van der Waals surface area contributed by atoms with Crippen molar-refractivity contribution in [1.29, 1.82) is 0 Å². The van der Waals surface area contributed by atoms with E-state index in [1.54, 1.807) is 39.5 Å². The molecule has 0 radical (unpaired) electrons. The molecule has 1 unspecified atom stereocenters. The van der Waals surface area contributed by atoms with Gasteiger partial charge in [-0.2, -0.15) is 0 Å². The quantitative estimate of drug-likeness (QED) is 0.801. The number of carbonyl (C=O) groups excluding carboxylic acids is 3. The lowest BCUT2D eigenvalue weighted by Gasteiger charge is -2.39. The van der Waals surface area contributed by atoms with E-state index in [-0.39, 0.29) is 12.0 Å². The molecule has 1 aliphatic rings. The van der Waals surface area contributed by atoms with Crippen molar-refractivity contribution in [3.63, 3.8) is 0 Å². The first kappa shape index (κ1) is 19.3. The fourth-order valence-corrected chi connectivity index (χ4v) is 2.63. The lowest BCUT2D eigenvalue weighted by Crippen LogP contribution is -2.56. The van der Waals surface area contributed by atoms with Crippen LogP contribution in [-0.4, -0.2) is 54.2 Å². The lowest BCUT2D eigenvalue weighted by molar-refractivity contribution is -0.115. The van der Waals surface area contributed by atoms with E-state index in [9.17, 15) is 14.4 Å². The number of aldehydes is 1. The molecule has 0 saturated carbocycles. The van der Waals surface area contributed by atoms with Crippen LogP contribution in [0, 0.1) is 5.92 Å². The van der Waals surface area contributed by atoms with Crippen LogP contribution in [0.5, 0.6) is 0 Å². The van der Waals surface area contributed by atoms with Gasteiger partial charge in [-0.05, 0) is 53.4 Å². The molecule has 23 heavy (non-hydrogen) atoms. The summed E-state index contributed by atoms with van der Waals surface area (Å²) >= 11 is 0. The van der Waals surface area contributed by atoms with E-state index in [0.717, 1.165) is 6.29 Å². The molecule has 0 aromatic heterocycles. The maximum atomic E-state index is 12.0. The minimum absolute atomic E-state index is 0.0572. The van der Waals surface area contributed by atoms with Gasteiger partial charge < -0.3 is 24.5 Å². The zero-order valence-electron chi connectivity index (χ0n) is 14.7. The molecule has 132 valence electrons. The molecule has 1 atom stereocenters. The van der Waals surface area contributed by atoms with Crippen molar-refractivity contribution >= 4 is 18.5 Å². The predicted octanol–water partition coefficient (Wildman–Crippen LogP) is 2.34. The highest BCUT2D eigenvalue weighted by atomic mass is 16.6. The smallest absolute Gasteiger partial charge is 0.409 e. The second kappa shape index (κ2) is 7.66. The van der Waals surface area contributed by atoms with Crippen molar-refractivity contribution < 1.29 is 23.9 Å². The molecule has 0 bridgehead atoms. The Morgan fingerprint density at radius 3 is 2.22 bits per heavy atom. The molecule has 1 fully saturated rings. The number of carbonyl (C=O) groups is 3. The van der Waals surface area contributed by atoms with E-state index < -0.39 is 17.2 Å². The Kier molecular flexibility index (Phi) is 6.41. The van der Waals surface area contributed by atoms with Gasteiger partial charge in [-0.15, -0.1) is 0 Å². The molecule has 1 heterocycles. The number of rotatable bonds is 4. The first-order chi connectivity index (χ1) is 10.6. The molecule has 1 N–H and O–H groups in total. The summed E-state index contributed by atoms with van der Waals surface area (Å²) in [4.78, 5) is 36.9. The zero-order valence-corrected chi connectivity index (χ0v) is 14.7. The highest BCUT2D eigenvalue weighted by molar-refractivity contribution is 5.76. The summed E-state index contributed by atoms with van der Waals surface area (Å²) in [7, 11) is 0. The molecule has 0 aromatic rings. The van der Waals surface area contributed by atoms with Gasteiger partial charge in [-0.1, -0.05) is 0 Å². The number of piperidine rings is 1. The normalized spacial score (nSPS) is 18.7. The first-order valence-corrected chi connectivity index (χ1v) is 8.00. The summed E-state index contributed by atoms with van der Waals surface area (Å²) < 4.78 is 10.2. The molecule has 1 rings (SSSR count). The van der Waals surface area contributed by atoms with Crippen LogP contribution in [-0.2, 0) is 14.3 Å². The Bertz CT molecular complexity index is 438. The number of nitrogens with one attached hydrogen (secondary N) is 1. The lowest BCUT2D eigenvalue weighted by atomic mass is 9.80. The van der Waals surface area contributed by atoms with Crippen LogP contribution < -0.4 is 5.32 Å². The van der Waals surface area contributed by atoms with Crippen LogP contribution in [0.1, 0.15) is 47.5 Å². The third-order valence-corrected chi connectivity index (χ3v) is 3.88. The highest BCUT2D eigenvalue weighted by Crippen LogP contribution is 2.28. The van der Waals surface area contributed by atoms with E-state index in [4.69, 9.17) is 9.47 Å². The van der Waals surface area contributed by atoms with Crippen LogP contribution in [0.25, 0.3) is 0 Å². The standard InChI is InChI=1S/C16H28N2O5/c1-6-22-14(21)18-9-7-12(8-10-18)16(5,11-19)17-13(20)23-15(2,3)4/h11-12H,6-10H2,1-5H3,(H,17,20). The second-order valence-corrected chi connectivity index (χ2v) is 6.99. The Balaban J connectivity index is 2.63. The molecule has 0 aliphatic carbocycles. The van der Waals surface area contributed by atoms with Crippen LogP contribution in [0.4, 0.5) is 9.59 Å². The van der Waals surface area contributed by atoms with Crippen molar-refractivity contribution in [2.75, 3.05) is 19.7 Å². The average molecular weight is 328 g/mol. The van der Waals surface area contributed by atoms with Gasteiger partial charge in [0.05, 0.1) is 12.1 Å². The molecule has 0 aromatic carbocycles. The Hall–Kier alpha value is -1.79. The number of hydrogen-bond donors (Lipinski definition) is 1. The van der Waals surface area contributed by atoms with Gasteiger partial charge >= 0.3 is 12.2 Å². The summed E-state index contributed by atoms with van der Waals surface area (Å²) in [5.74, 6) is -0.0572. The number of alkyl carbamates (subject to hydrolysis) is 1. The molecule has 7 heteroatoms. The monoisotopic (exact) mass is 328 g/mol. The summed E-state index contributed by atoms with van der Waals surface area (Å²) in [5.41, 5.74) is -1.63. The average Bonchev–Trinajstić information content (AvgIpc) is 2.45. The molecule has 7 nitrogen and oxygen atoms in total.